The Morgan fingerprint density at radius 2 is 1.65 bits per heavy atom. The molecule has 0 N–H and O–H groups in total. The van der Waals surface area contributed by atoms with Crippen LogP contribution < -0.4 is 9.47 Å². The predicted molar refractivity (Wildman–Crippen MR) is 137 cm³/mol. The minimum atomic E-state index is -0.347. The van der Waals surface area contributed by atoms with Crippen LogP contribution in [0.3, 0.4) is 0 Å². The molecule has 0 aliphatic carbocycles. The first kappa shape index (κ1) is 24.5. The van der Waals surface area contributed by atoms with Gasteiger partial charge in [-0.25, -0.2) is 4.39 Å². The molecule has 3 aromatic carbocycles. The average molecular weight is 607 g/mol. The Bertz CT molecular complexity index is 1260. The van der Waals surface area contributed by atoms with Gasteiger partial charge in [-0.2, -0.15) is 0 Å². The van der Waals surface area contributed by atoms with Crippen LogP contribution in [0.2, 0.25) is 0 Å². The van der Waals surface area contributed by atoms with Crippen LogP contribution in [0.5, 0.6) is 11.5 Å². The minimum absolute atomic E-state index is 0.204. The van der Waals surface area contributed by atoms with Crippen molar-refractivity contribution in [2.45, 2.75) is 13.2 Å². The summed E-state index contributed by atoms with van der Waals surface area (Å²) in [4.78, 5) is 27.0. The van der Waals surface area contributed by atoms with E-state index in [4.69, 9.17) is 9.47 Å². The molecule has 1 aliphatic rings. The van der Waals surface area contributed by atoms with E-state index in [-0.39, 0.29) is 30.1 Å². The number of ether oxygens (including phenoxy) is 2. The highest BCUT2D eigenvalue weighted by Crippen LogP contribution is 2.38. The number of hydrogen-bond donors (Lipinski definition) is 0. The number of carbonyl (C=O) groups excluding carboxylic acids is 2. The van der Waals surface area contributed by atoms with Crippen molar-refractivity contribution in [1.82, 2.24) is 4.90 Å². The van der Waals surface area contributed by atoms with Gasteiger partial charge in [-0.3, -0.25) is 14.5 Å². The van der Waals surface area contributed by atoms with Crippen molar-refractivity contribution in [3.05, 3.63) is 97.0 Å². The Kier molecular flexibility index (Phi) is 7.75. The van der Waals surface area contributed by atoms with Gasteiger partial charge in [0.25, 0.3) is 11.1 Å². The van der Waals surface area contributed by atoms with E-state index in [2.05, 4.69) is 31.9 Å². The second kappa shape index (κ2) is 10.8. The van der Waals surface area contributed by atoms with Crippen LogP contribution in [0.15, 0.2) is 74.5 Å². The SMILES string of the molecule is COc1cc(/C=C2\SC(=O)N(Cc3ccc(Br)cc3)C2=O)c(Br)cc1OCc1ccc(F)cc1. The van der Waals surface area contributed by atoms with Crippen LogP contribution in [0.1, 0.15) is 16.7 Å². The number of nitrogens with zero attached hydrogens (tertiary/aromatic N) is 1. The zero-order valence-corrected chi connectivity index (χ0v) is 21.9. The van der Waals surface area contributed by atoms with Crippen molar-refractivity contribution in [2.75, 3.05) is 7.11 Å². The van der Waals surface area contributed by atoms with Gasteiger partial charge in [0.05, 0.1) is 18.6 Å². The summed E-state index contributed by atoms with van der Waals surface area (Å²) in [5.74, 6) is 0.292. The maximum absolute atomic E-state index is 13.1. The van der Waals surface area contributed by atoms with Crippen LogP contribution in [-0.4, -0.2) is 23.2 Å². The number of amides is 2. The third-order valence-corrected chi connectivity index (χ3v) is 7.13. The van der Waals surface area contributed by atoms with Crippen molar-refractivity contribution in [3.63, 3.8) is 0 Å². The molecule has 0 bridgehead atoms. The first-order valence-electron chi connectivity index (χ1n) is 10.1. The number of hydrogen-bond acceptors (Lipinski definition) is 5. The molecule has 1 aliphatic heterocycles. The van der Waals surface area contributed by atoms with Crippen LogP contribution in [-0.2, 0) is 17.9 Å². The molecule has 0 atom stereocenters. The van der Waals surface area contributed by atoms with Gasteiger partial charge in [0, 0.05) is 8.95 Å². The lowest BCUT2D eigenvalue weighted by Gasteiger charge is -2.13. The average Bonchev–Trinajstić information content (AvgIpc) is 3.08. The summed E-state index contributed by atoms with van der Waals surface area (Å²) in [5, 5.41) is -0.318. The second-order valence-corrected chi connectivity index (χ2v) is 10.1. The highest BCUT2D eigenvalue weighted by Gasteiger charge is 2.35. The fourth-order valence-electron chi connectivity index (χ4n) is 3.23. The molecule has 3 aromatic rings. The smallest absolute Gasteiger partial charge is 0.293 e. The van der Waals surface area contributed by atoms with Gasteiger partial charge in [0.15, 0.2) is 11.5 Å². The number of thioether (sulfide) groups is 1. The fraction of sp³-hybridized carbons (Fsp3) is 0.120. The maximum atomic E-state index is 13.1. The van der Waals surface area contributed by atoms with Crippen LogP contribution >= 0.6 is 43.6 Å². The first-order valence-corrected chi connectivity index (χ1v) is 12.5. The highest BCUT2D eigenvalue weighted by molar-refractivity contribution is 9.10. The van der Waals surface area contributed by atoms with Gasteiger partial charge in [-0.05, 0) is 70.9 Å². The van der Waals surface area contributed by atoms with Crippen molar-refractivity contribution >= 4 is 60.8 Å². The minimum Gasteiger partial charge on any atom is -0.493 e. The molecule has 4 rings (SSSR count). The lowest BCUT2D eigenvalue weighted by atomic mass is 10.1. The van der Waals surface area contributed by atoms with E-state index in [1.165, 1.54) is 24.1 Å². The number of imide groups is 1. The molecular weight excluding hydrogens is 589 g/mol. The van der Waals surface area contributed by atoms with Crippen molar-refractivity contribution in [3.8, 4) is 11.5 Å². The quantitative estimate of drug-likeness (QED) is 0.267. The Labute approximate surface area is 217 Å². The first-order chi connectivity index (χ1) is 16.3. The van der Waals surface area contributed by atoms with E-state index in [9.17, 15) is 14.0 Å². The Balaban J connectivity index is 1.52. The molecule has 1 fully saturated rings. The Morgan fingerprint density at radius 3 is 2.32 bits per heavy atom. The highest BCUT2D eigenvalue weighted by atomic mass is 79.9. The van der Waals surface area contributed by atoms with Gasteiger partial charge in [0.1, 0.15) is 12.4 Å². The normalized spacial score (nSPS) is 14.7. The summed E-state index contributed by atoms with van der Waals surface area (Å²) < 4.78 is 26.0. The van der Waals surface area contributed by atoms with Crippen molar-refractivity contribution in [1.29, 1.82) is 0 Å². The molecule has 9 heteroatoms. The predicted octanol–water partition coefficient (Wildman–Crippen LogP) is 7.17. The van der Waals surface area contributed by atoms with Crippen LogP contribution in [0.25, 0.3) is 6.08 Å². The third-order valence-electron chi connectivity index (χ3n) is 5.00. The van der Waals surface area contributed by atoms with Crippen molar-refractivity contribution < 1.29 is 23.5 Å². The third kappa shape index (κ3) is 5.71. The van der Waals surface area contributed by atoms with Gasteiger partial charge in [0.2, 0.25) is 0 Å². The number of carbonyl (C=O) groups is 2. The molecule has 2 amide bonds. The number of halogens is 3. The molecule has 0 unspecified atom stereocenters. The van der Waals surface area contributed by atoms with Crippen LogP contribution in [0, 0.1) is 5.82 Å². The molecule has 1 heterocycles. The topological polar surface area (TPSA) is 55.8 Å². The monoisotopic (exact) mass is 605 g/mol. The summed E-state index contributed by atoms with van der Waals surface area (Å²) in [6.45, 7) is 0.438. The standard InChI is InChI=1S/C25H18Br2FNO4S/c1-32-21-10-17(20(27)12-22(21)33-14-16-4-8-19(28)9-5-16)11-23-24(30)29(25(31)34-23)13-15-2-6-18(26)7-3-15/h2-12H,13-14H2,1H3/b23-11-. The summed E-state index contributed by atoms with van der Waals surface area (Å²) in [7, 11) is 1.52. The van der Waals surface area contributed by atoms with E-state index >= 15 is 0 Å². The van der Waals surface area contributed by atoms with E-state index in [1.807, 2.05) is 24.3 Å². The number of methoxy groups -OCH3 is 1. The van der Waals surface area contributed by atoms with Crippen LogP contribution in [0.4, 0.5) is 9.18 Å². The van der Waals surface area contributed by atoms with Gasteiger partial charge >= 0.3 is 0 Å². The fourth-order valence-corrected chi connectivity index (χ4v) is 4.76. The summed E-state index contributed by atoms with van der Waals surface area (Å²) in [6, 6.07) is 17.0. The lowest BCUT2D eigenvalue weighted by molar-refractivity contribution is -0.123. The van der Waals surface area contributed by atoms with Gasteiger partial charge in [-0.15, -0.1) is 0 Å². The Hall–Kier alpha value is -2.62. The lowest BCUT2D eigenvalue weighted by Crippen LogP contribution is -2.27. The van der Waals surface area contributed by atoms with E-state index in [0.29, 0.717) is 26.4 Å². The van der Waals surface area contributed by atoms with Gasteiger partial charge in [-0.1, -0.05) is 56.1 Å². The molecule has 5 nitrogen and oxygen atoms in total. The zero-order chi connectivity index (χ0) is 24.2. The van der Waals surface area contributed by atoms with E-state index in [0.717, 1.165) is 27.4 Å². The largest absolute Gasteiger partial charge is 0.493 e. The molecule has 0 spiro atoms. The molecule has 0 saturated carbocycles. The molecule has 34 heavy (non-hydrogen) atoms. The number of benzene rings is 3. The maximum Gasteiger partial charge on any atom is 0.293 e. The van der Waals surface area contributed by atoms with E-state index < -0.39 is 0 Å². The zero-order valence-electron chi connectivity index (χ0n) is 17.9. The molecule has 0 radical (unpaired) electrons. The molecular formula is C25H18Br2FNO4S. The second-order valence-electron chi connectivity index (χ2n) is 7.33. The van der Waals surface area contributed by atoms with Gasteiger partial charge < -0.3 is 9.47 Å². The van der Waals surface area contributed by atoms with Crippen molar-refractivity contribution in [2.24, 2.45) is 0 Å². The van der Waals surface area contributed by atoms with E-state index in [1.54, 1.807) is 30.3 Å². The Morgan fingerprint density at radius 1 is 0.971 bits per heavy atom. The molecule has 174 valence electrons. The molecule has 0 aromatic heterocycles. The summed E-state index contributed by atoms with van der Waals surface area (Å²) >= 11 is 7.79. The number of rotatable bonds is 7. The summed E-state index contributed by atoms with van der Waals surface area (Å²) in [5.41, 5.74) is 2.33. The summed E-state index contributed by atoms with van der Waals surface area (Å²) in [6.07, 6.45) is 1.66. The molecule has 1 saturated heterocycles.